The molecule has 0 atom stereocenters. The van der Waals surface area contributed by atoms with Crippen molar-refractivity contribution in [1.82, 2.24) is 4.90 Å². The Balaban J connectivity index is 1.42. The van der Waals surface area contributed by atoms with Gasteiger partial charge >= 0.3 is 12.0 Å². The van der Waals surface area contributed by atoms with Crippen LogP contribution in [0.5, 0.6) is 0 Å². The van der Waals surface area contributed by atoms with Crippen molar-refractivity contribution in [3.63, 3.8) is 0 Å². The minimum absolute atomic E-state index is 0.0137. The summed E-state index contributed by atoms with van der Waals surface area (Å²) in [5.41, 5.74) is 3.38. The maximum Gasteiger partial charge on any atom is 0.323 e. The fourth-order valence-electron chi connectivity index (χ4n) is 4.25. The molecule has 1 aliphatic rings. The molecule has 0 fully saturated rings. The Kier molecular flexibility index (Phi) is 8.88. The molecule has 0 bridgehead atoms. The van der Waals surface area contributed by atoms with Crippen LogP contribution in [0.1, 0.15) is 27.9 Å². The largest absolute Gasteiger partial charge is 0.481 e. The van der Waals surface area contributed by atoms with Crippen LogP contribution in [0.3, 0.4) is 0 Å². The summed E-state index contributed by atoms with van der Waals surface area (Å²) >= 11 is 6.40. The number of likely N-dealkylation sites (N-methyl/N-ethyl adjacent to an activating group) is 1. The average Bonchev–Trinajstić information content (AvgIpc) is 3.00. The summed E-state index contributed by atoms with van der Waals surface area (Å²) in [6, 6.07) is 16.6. The van der Waals surface area contributed by atoms with Crippen molar-refractivity contribution in [2.45, 2.75) is 19.8 Å². The Hall–Kier alpha value is -4.90. The molecule has 5 amide bonds. The van der Waals surface area contributed by atoms with E-state index in [1.165, 1.54) is 24.1 Å². The van der Waals surface area contributed by atoms with Crippen molar-refractivity contribution < 1.29 is 29.1 Å². The van der Waals surface area contributed by atoms with Crippen LogP contribution in [-0.2, 0) is 20.8 Å². The van der Waals surface area contributed by atoms with Crippen LogP contribution >= 0.6 is 11.6 Å². The maximum absolute atomic E-state index is 13.2. The molecule has 4 N–H and O–H groups in total. The highest BCUT2D eigenvalue weighted by molar-refractivity contribution is 6.34. The smallest absolute Gasteiger partial charge is 0.323 e. The lowest BCUT2D eigenvalue weighted by Gasteiger charge is -2.19. The molecule has 1 aliphatic heterocycles. The third kappa shape index (κ3) is 7.20. The van der Waals surface area contributed by atoms with Gasteiger partial charge in [0.2, 0.25) is 11.8 Å². The number of fused-ring (bicyclic) bond motifs is 1. The summed E-state index contributed by atoms with van der Waals surface area (Å²) < 4.78 is 0. The molecule has 12 heteroatoms. The van der Waals surface area contributed by atoms with E-state index in [9.17, 15) is 24.0 Å². The van der Waals surface area contributed by atoms with Gasteiger partial charge in [-0.15, -0.1) is 0 Å². The number of para-hydroxylation sites is 1. The molecule has 0 radical (unpaired) electrons. The van der Waals surface area contributed by atoms with Crippen molar-refractivity contribution in [2.24, 2.45) is 0 Å². The highest BCUT2D eigenvalue weighted by Gasteiger charge is 2.31. The number of hydrogen-bond donors (Lipinski definition) is 4. The van der Waals surface area contributed by atoms with Gasteiger partial charge in [-0.2, -0.15) is 0 Å². The molecule has 0 unspecified atom stereocenters. The summed E-state index contributed by atoms with van der Waals surface area (Å²) in [6.45, 7) is 1.47. The fourth-order valence-corrected chi connectivity index (χ4v) is 4.45. The van der Waals surface area contributed by atoms with Crippen LogP contribution in [0.25, 0.3) is 0 Å². The molecule has 41 heavy (non-hydrogen) atoms. The van der Waals surface area contributed by atoms with E-state index in [-0.39, 0.29) is 47.9 Å². The summed E-state index contributed by atoms with van der Waals surface area (Å²) in [7, 11) is 1.49. The second-order valence-corrected chi connectivity index (χ2v) is 9.90. The molecule has 1 heterocycles. The van der Waals surface area contributed by atoms with Crippen molar-refractivity contribution in [2.75, 3.05) is 41.0 Å². The Labute approximate surface area is 241 Å². The lowest BCUT2D eigenvalue weighted by Crippen LogP contribution is -2.38. The van der Waals surface area contributed by atoms with E-state index in [2.05, 4.69) is 16.0 Å². The molecule has 0 saturated heterocycles. The van der Waals surface area contributed by atoms with Crippen LogP contribution in [0.15, 0.2) is 60.7 Å². The summed E-state index contributed by atoms with van der Waals surface area (Å²) in [6.07, 6.45) is -0.332. The Morgan fingerprint density at radius 3 is 2.34 bits per heavy atom. The molecule has 11 nitrogen and oxygen atoms in total. The third-order valence-corrected chi connectivity index (χ3v) is 6.82. The number of carboxylic acids is 1. The molecule has 0 aliphatic carbocycles. The first-order chi connectivity index (χ1) is 19.5. The van der Waals surface area contributed by atoms with Crippen LogP contribution in [0.4, 0.5) is 27.5 Å². The van der Waals surface area contributed by atoms with Crippen LogP contribution in [0, 0.1) is 6.92 Å². The Bertz CT molecular complexity index is 1520. The van der Waals surface area contributed by atoms with Gasteiger partial charge in [0, 0.05) is 25.0 Å². The van der Waals surface area contributed by atoms with Gasteiger partial charge in [0.25, 0.3) is 5.91 Å². The Morgan fingerprint density at radius 2 is 1.66 bits per heavy atom. The molecular formula is C29H28ClN5O6. The molecule has 0 saturated carbocycles. The van der Waals surface area contributed by atoms with Gasteiger partial charge < -0.3 is 30.9 Å². The van der Waals surface area contributed by atoms with Crippen LogP contribution in [0.2, 0.25) is 5.02 Å². The van der Waals surface area contributed by atoms with Crippen molar-refractivity contribution in [1.29, 1.82) is 0 Å². The van der Waals surface area contributed by atoms with Gasteiger partial charge in [0.15, 0.2) is 0 Å². The minimum Gasteiger partial charge on any atom is -0.481 e. The predicted octanol–water partition coefficient (Wildman–Crippen LogP) is 4.37. The average molecular weight is 578 g/mol. The molecule has 0 spiro atoms. The van der Waals surface area contributed by atoms with E-state index in [4.69, 9.17) is 16.7 Å². The standard InChI is InChI=1S/C29H28ClN5O6/c1-17-5-3-4-6-22(17)33-29(41)31-19-9-7-18(8-10-19)13-25(36)32-23-14-20-24(15-21(23)30)34(2)26(37)16-35(28(20)40)12-11-27(38)39/h3-10,14-15H,11-13,16H2,1-2H3,(H,32,36)(H,38,39)(H2,31,33,41). The normalized spacial score (nSPS) is 12.9. The molecule has 4 rings (SSSR count). The number of anilines is 4. The van der Waals surface area contributed by atoms with Crippen LogP contribution < -0.4 is 20.9 Å². The van der Waals surface area contributed by atoms with Gasteiger partial charge in [0.1, 0.15) is 6.54 Å². The van der Waals surface area contributed by atoms with E-state index in [1.54, 1.807) is 30.3 Å². The molecular weight excluding hydrogens is 550 g/mol. The number of nitrogens with one attached hydrogen (secondary N) is 3. The molecule has 3 aromatic rings. The number of carbonyl (C=O) groups excluding carboxylic acids is 4. The van der Waals surface area contributed by atoms with Crippen molar-refractivity contribution >= 4 is 64.1 Å². The van der Waals surface area contributed by atoms with Gasteiger partial charge in [-0.05, 0) is 48.4 Å². The van der Waals surface area contributed by atoms with Crippen molar-refractivity contribution in [3.8, 4) is 0 Å². The molecule has 212 valence electrons. The third-order valence-electron chi connectivity index (χ3n) is 6.50. The van der Waals surface area contributed by atoms with Crippen molar-refractivity contribution in [3.05, 3.63) is 82.4 Å². The SMILES string of the molecule is Cc1ccccc1NC(=O)Nc1ccc(CC(=O)Nc2cc3c(cc2Cl)N(C)C(=O)CN(CCC(=O)O)C3=O)cc1. The van der Waals surface area contributed by atoms with Gasteiger partial charge in [-0.1, -0.05) is 41.9 Å². The molecule has 3 aromatic carbocycles. The summed E-state index contributed by atoms with van der Waals surface area (Å²) in [4.78, 5) is 64.4. The van der Waals surface area contributed by atoms with Crippen LogP contribution in [-0.4, -0.2) is 59.9 Å². The maximum atomic E-state index is 13.2. The number of carbonyl (C=O) groups is 5. The van der Waals surface area contributed by atoms with E-state index in [0.717, 1.165) is 10.5 Å². The topological polar surface area (TPSA) is 148 Å². The van der Waals surface area contributed by atoms with E-state index in [1.807, 2.05) is 25.1 Å². The monoisotopic (exact) mass is 577 g/mol. The number of aryl methyl sites for hydroxylation is 1. The number of benzene rings is 3. The highest BCUT2D eigenvalue weighted by Crippen LogP contribution is 2.34. The van der Waals surface area contributed by atoms with Gasteiger partial charge in [-0.3, -0.25) is 19.2 Å². The quantitative estimate of drug-likeness (QED) is 0.312. The number of urea groups is 1. The first kappa shape index (κ1) is 29.1. The zero-order chi connectivity index (χ0) is 29.7. The first-order valence-corrected chi connectivity index (χ1v) is 13.0. The van der Waals surface area contributed by atoms with Gasteiger partial charge in [0.05, 0.1) is 34.8 Å². The zero-order valence-electron chi connectivity index (χ0n) is 22.4. The van der Waals surface area contributed by atoms with E-state index >= 15 is 0 Å². The number of rotatable bonds is 8. The number of nitrogens with zero attached hydrogens (tertiary/aromatic N) is 2. The summed E-state index contributed by atoms with van der Waals surface area (Å²) in [5.74, 6) is -2.44. The minimum atomic E-state index is -1.10. The first-order valence-electron chi connectivity index (χ1n) is 12.7. The lowest BCUT2D eigenvalue weighted by molar-refractivity contribution is -0.137. The number of halogens is 1. The highest BCUT2D eigenvalue weighted by atomic mass is 35.5. The zero-order valence-corrected chi connectivity index (χ0v) is 23.1. The summed E-state index contributed by atoms with van der Waals surface area (Å²) in [5, 5.41) is 17.4. The van der Waals surface area contributed by atoms with E-state index in [0.29, 0.717) is 16.9 Å². The van der Waals surface area contributed by atoms with Gasteiger partial charge in [-0.25, -0.2) is 4.79 Å². The molecule has 0 aromatic heterocycles. The second kappa shape index (κ2) is 12.5. The fraction of sp³-hybridized carbons (Fsp3) is 0.207. The predicted molar refractivity (Wildman–Crippen MR) is 156 cm³/mol. The Morgan fingerprint density at radius 1 is 0.951 bits per heavy atom. The number of hydrogen-bond acceptors (Lipinski definition) is 5. The lowest BCUT2D eigenvalue weighted by atomic mass is 10.1. The number of amides is 5. The second-order valence-electron chi connectivity index (χ2n) is 9.49. The number of aliphatic carboxylic acids is 1. The number of carboxylic acid groups (broad SMARTS) is 1. The van der Waals surface area contributed by atoms with E-state index < -0.39 is 29.7 Å².